The molecule has 0 spiro atoms. The van der Waals surface area contributed by atoms with Crippen molar-refractivity contribution in [2.75, 3.05) is 0 Å². The van der Waals surface area contributed by atoms with Crippen LogP contribution in [-0.4, -0.2) is 0 Å². The van der Waals surface area contributed by atoms with Gasteiger partial charge in [0, 0.05) is 6.04 Å². The van der Waals surface area contributed by atoms with E-state index in [-0.39, 0.29) is 6.04 Å². The van der Waals surface area contributed by atoms with E-state index in [0.717, 1.165) is 6.42 Å². The number of nitrogens with two attached hydrogens (primary N) is 1. The lowest BCUT2D eigenvalue weighted by Gasteiger charge is -2.14. The minimum Gasteiger partial charge on any atom is -0.324 e. The Bertz CT molecular complexity index is 259. The van der Waals surface area contributed by atoms with E-state index in [0.29, 0.717) is 5.92 Å². The predicted octanol–water partition coefficient (Wildman–Crippen LogP) is 3.95. The average Bonchev–Trinajstić information content (AvgIpc) is 2.51. The average molecular weight is 262 g/mol. The van der Waals surface area contributed by atoms with Gasteiger partial charge in [0.1, 0.15) is 0 Å². The van der Waals surface area contributed by atoms with Crippen molar-refractivity contribution in [3.63, 3.8) is 0 Å². The molecule has 2 N–H and O–H groups in total. The van der Waals surface area contributed by atoms with Crippen LogP contribution in [-0.2, 0) is 0 Å². The summed E-state index contributed by atoms with van der Waals surface area (Å²) in [5.41, 5.74) is 7.33. The molecule has 1 heterocycles. The van der Waals surface area contributed by atoms with E-state index in [4.69, 9.17) is 5.73 Å². The lowest BCUT2D eigenvalue weighted by atomic mass is 9.97. The summed E-state index contributed by atoms with van der Waals surface area (Å²) < 4.78 is 1.17. The van der Waals surface area contributed by atoms with Gasteiger partial charge in [0.25, 0.3) is 0 Å². The van der Waals surface area contributed by atoms with Crippen LogP contribution in [0.15, 0.2) is 15.2 Å². The summed E-state index contributed by atoms with van der Waals surface area (Å²) in [6.07, 6.45) is 2.29. The Hall–Kier alpha value is 0.140. The van der Waals surface area contributed by atoms with Crippen molar-refractivity contribution in [1.82, 2.24) is 0 Å². The first kappa shape index (κ1) is 11.2. The summed E-state index contributed by atoms with van der Waals surface area (Å²) in [5.74, 6) is 0.716. The van der Waals surface area contributed by atoms with Gasteiger partial charge in [0.05, 0.1) is 3.79 Å². The zero-order valence-corrected chi connectivity index (χ0v) is 10.5. The molecule has 0 fully saturated rings. The zero-order valence-electron chi connectivity index (χ0n) is 8.09. The quantitative estimate of drug-likeness (QED) is 0.873. The van der Waals surface area contributed by atoms with Crippen molar-refractivity contribution in [3.05, 3.63) is 20.8 Å². The van der Waals surface area contributed by atoms with Crippen molar-refractivity contribution in [3.8, 4) is 0 Å². The maximum absolute atomic E-state index is 6.07. The maximum atomic E-state index is 6.07. The molecule has 0 bridgehead atoms. The van der Waals surface area contributed by atoms with Gasteiger partial charge in [0.15, 0.2) is 0 Å². The molecule has 0 saturated carbocycles. The van der Waals surface area contributed by atoms with Gasteiger partial charge in [-0.15, -0.1) is 11.3 Å². The normalized spacial score (nSPS) is 15.7. The lowest BCUT2D eigenvalue weighted by molar-refractivity contribution is 0.462. The van der Waals surface area contributed by atoms with Crippen LogP contribution in [0.5, 0.6) is 0 Å². The summed E-state index contributed by atoms with van der Waals surface area (Å²) in [7, 11) is 0. The minimum atomic E-state index is 0.206. The number of hydrogen-bond donors (Lipinski definition) is 1. The van der Waals surface area contributed by atoms with E-state index in [1.54, 1.807) is 11.3 Å². The largest absolute Gasteiger partial charge is 0.324 e. The van der Waals surface area contributed by atoms with Gasteiger partial charge < -0.3 is 5.73 Å². The molecule has 2 unspecified atom stereocenters. The maximum Gasteiger partial charge on any atom is 0.0701 e. The summed E-state index contributed by atoms with van der Waals surface area (Å²) in [5, 5.41) is 2.14. The Morgan fingerprint density at radius 2 is 2.31 bits per heavy atom. The van der Waals surface area contributed by atoms with Gasteiger partial charge in [-0.1, -0.05) is 20.3 Å². The molecule has 74 valence electrons. The molecule has 0 aliphatic heterocycles. The first-order valence-electron chi connectivity index (χ1n) is 4.63. The highest BCUT2D eigenvalue weighted by atomic mass is 79.9. The fourth-order valence-corrected chi connectivity index (χ4v) is 2.49. The van der Waals surface area contributed by atoms with E-state index >= 15 is 0 Å². The zero-order chi connectivity index (χ0) is 9.84. The van der Waals surface area contributed by atoms with Crippen LogP contribution < -0.4 is 5.73 Å². The molecule has 0 amide bonds. The third-order valence-corrected chi connectivity index (χ3v) is 3.89. The fourth-order valence-electron chi connectivity index (χ4n) is 1.25. The predicted molar refractivity (Wildman–Crippen MR) is 63.0 cm³/mol. The highest BCUT2D eigenvalue weighted by molar-refractivity contribution is 9.11. The van der Waals surface area contributed by atoms with Crippen molar-refractivity contribution in [2.45, 2.75) is 32.7 Å². The van der Waals surface area contributed by atoms with Gasteiger partial charge in [-0.05, 0) is 45.3 Å². The van der Waals surface area contributed by atoms with E-state index in [1.165, 1.54) is 15.8 Å². The Morgan fingerprint density at radius 3 is 2.77 bits per heavy atom. The van der Waals surface area contributed by atoms with Gasteiger partial charge in [0.2, 0.25) is 0 Å². The molecule has 0 aliphatic rings. The van der Waals surface area contributed by atoms with Gasteiger partial charge in [-0.2, -0.15) is 0 Å². The number of hydrogen-bond acceptors (Lipinski definition) is 2. The van der Waals surface area contributed by atoms with E-state index in [2.05, 4.69) is 41.2 Å². The minimum absolute atomic E-state index is 0.206. The molecular formula is C10H16BrNS. The van der Waals surface area contributed by atoms with Crippen molar-refractivity contribution < 1.29 is 0 Å². The molecular weight excluding hydrogens is 246 g/mol. The molecule has 0 saturated heterocycles. The van der Waals surface area contributed by atoms with Crippen LogP contribution in [0.3, 0.4) is 0 Å². The Balaban J connectivity index is 2.53. The second-order valence-electron chi connectivity index (χ2n) is 3.54. The van der Waals surface area contributed by atoms with Crippen LogP contribution in [0.2, 0.25) is 0 Å². The van der Waals surface area contributed by atoms with Gasteiger partial charge in [-0.25, -0.2) is 0 Å². The lowest BCUT2D eigenvalue weighted by Crippen LogP contribution is -2.12. The van der Waals surface area contributed by atoms with E-state index in [9.17, 15) is 0 Å². The van der Waals surface area contributed by atoms with Crippen molar-refractivity contribution >= 4 is 27.3 Å². The second kappa shape index (κ2) is 5.13. The Kier molecular flexibility index (Phi) is 4.42. The molecule has 1 nitrogen and oxygen atoms in total. The van der Waals surface area contributed by atoms with Crippen molar-refractivity contribution in [1.29, 1.82) is 0 Å². The highest BCUT2D eigenvalue weighted by Gasteiger charge is 2.11. The summed E-state index contributed by atoms with van der Waals surface area (Å²) in [6.45, 7) is 4.46. The molecule has 13 heavy (non-hydrogen) atoms. The first-order chi connectivity index (χ1) is 6.13. The highest BCUT2D eigenvalue weighted by Crippen LogP contribution is 2.27. The standard InChI is InChI=1S/C10H16BrNS/c1-3-7(2)4-9(12)8-5-10(11)13-6-8/h5-7,9H,3-4,12H2,1-2H3. The number of halogens is 1. The van der Waals surface area contributed by atoms with Crippen molar-refractivity contribution in [2.24, 2.45) is 11.7 Å². The smallest absolute Gasteiger partial charge is 0.0701 e. The molecule has 1 rings (SSSR count). The van der Waals surface area contributed by atoms with Crippen LogP contribution >= 0.6 is 27.3 Å². The first-order valence-corrected chi connectivity index (χ1v) is 6.30. The fraction of sp³-hybridized carbons (Fsp3) is 0.600. The summed E-state index contributed by atoms with van der Waals surface area (Å²) >= 11 is 5.15. The topological polar surface area (TPSA) is 26.0 Å². The Labute approximate surface area is 92.5 Å². The number of rotatable bonds is 4. The van der Waals surface area contributed by atoms with Crippen LogP contribution in [0.25, 0.3) is 0 Å². The molecule has 2 atom stereocenters. The van der Waals surface area contributed by atoms with Crippen LogP contribution in [0.1, 0.15) is 38.3 Å². The molecule has 3 heteroatoms. The van der Waals surface area contributed by atoms with Crippen LogP contribution in [0.4, 0.5) is 0 Å². The number of thiophene rings is 1. The molecule has 1 aromatic heterocycles. The van der Waals surface area contributed by atoms with E-state index in [1.807, 2.05) is 0 Å². The molecule has 0 aromatic carbocycles. The second-order valence-corrected chi connectivity index (χ2v) is 5.83. The Morgan fingerprint density at radius 1 is 1.62 bits per heavy atom. The van der Waals surface area contributed by atoms with E-state index < -0.39 is 0 Å². The molecule has 0 radical (unpaired) electrons. The molecule has 0 aliphatic carbocycles. The monoisotopic (exact) mass is 261 g/mol. The van der Waals surface area contributed by atoms with Gasteiger partial charge >= 0.3 is 0 Å². The third kappa shape index (κ3) is 3.41. The summed E-state index contributed by atoms with van der Waals surface area (Å²) in [6, 6.07) is 2.33. The molecule has 1 aromatic rings. The van der Waals surface area contributed by atoms with Crippen LogP contribution in [0, 0.1) is 5.92 Å². The SMILES string of the molecule is CCC(C)CC(N)c1csc(Br)c1. The summed E-state index contributed by atoms with van der Waals surface area (Å²) in [4.78, 5) is 0. The third-order valence-electron chi connectivity index (χ3n) is 2.37. The van der Waals surface area contributed by atoms with Gasteiger partial charge in [-0.3, -0.25) is 0 Å².